The third kappa shape index (κ3) is 28.2. The van der Waals surface area contributed by atoms with E-state index in [0.717, 1.165) is 57.6 Å². The molecule has 0 unspecified atom stereocenters. The Balaban J connectivity index is 0.000000363. The van der Waals surface area contributed by atoms with Crippen LogP contribution < -0.4 is 47.0 Å². The maximum absolute atomic E-state index is 10.7. The van der Waals surface area contributed by atoms with Crippen molar-refractivity contribution in [1.29, 1.82) is 31.6 Å². The fourth-order valence-electron chi connectivity index (χ4n) is 16.6. The Morgan fingerprint density at radius 1 is 0.235 bits per heavy atom. The molecule has 0 spiro atoms. The summed E-state index contributed by atoms with van der Waals surface area (Å²) in [6.07, 6.45) is 4.36. The van der Waals surface area contributed by atoms with Crippen LogP contribution in [0.25, 0.3) is 21.8 Å². The number of benzene rings is 7. The third-order valence-corrected chi connectivity index (χ3v) is 21.5. The van der Waals surface area contributed by atoms with Crippen LogP contribution in [0.15, 0.2) is 146 Å². The van der Waals surface area contributed by atoms with E-state index in [-0.39, 0.29) is 52.9 Å². The second-order valence-corrected chi connectivity index (χ2v) is 34.1. The Labute approximate surface area is 758 Å². The molecule has 132 heavy (non-hydrogen) atoms. The number of nitriles is 6. The minimum absolute atomic E-state index is 0.286. The van der Waals surface area contributed by atoms with Gasteiger partial charge in [-0.25, -0.2) is 0 Å². The molecule has 9 aromatic rings. The summed E-state index contributed by atoms with van der Waals surface area (Å²) in [6.45, 7) is 27.8. The van der Waals surface area contributed by atoms with Crippen molar-refractivity contribution < 1.29 is 135 Å². The SMILES string of the molecule is CC#N.CC#N.CC#N.CC#N.CC#N.CC#N.CC12c3ccccc3C3(C)c4cc5c(cc41)OCCOCCOCCOc1cc4c(cc1OCCOCCOCCO5)C1(C)c5ccccc5C4(C)c4cc5c(cc41)OCCOCCOCCOc1cc3c2cc1OCCOCCOCCO5.F[P-](F)(F)(F)(F)F.F[P-](F)(F)(F)(F)F.c1cc2ccc3ccc[n+]4c3c2[n+](c1)CC4. The number of hydrogen-bond acceptors (Lipinski definition) is 22. The molecule has 0 atom stereocenters. The van der Waals surface area contributed by atoms with Gasteiger partial charge in [0.25, 0.3) is 11.0 Å². The molecule has 0 N–H and O–H groups in total. The molecular weight excluding hydrogens is 1790 g/mol. The zero-order valence-electron chi connectivity index (χ0n) is 74.8. The van der Waals surface area contributed by atoms with E-state index in [1.165, 1.54) is 85.6 Å². The predicted molar refractivity (Wildman–Crippen MR) is 468 cm³/mol. The maximum atomic E-state index is 9.87. The molecule has 0 fully saturated rings. The van der Waals surface area contributed by atoms with Gasteiger partial charge in [0.05, 0.1) is 153 Å². The van der Waals surface area contributed by atoms with Gasteiger partial charge >= 0.3 is 66.0 Å². The monoisotopic (exact) mass is 1890 g/mol. The van der Waals surface area contributed by atoms with Crippen LogP contribution in [0, 0.1) is 68.0 Å². The van der Waals surface area contributed by atoms with Crippen LogP contribution in [0.5, 0.6) is 46.0 Å². The molecule has 0 saturated carbocycles. The summed E-state index contributed by atoms with van der Waals surface area (Å²) < 4.78 is 225. The molecule has 18 rings (SSSR count). The van der Waals surface area contributed by atoms with Crippen LogP contribution in [-0.4, -0.2) is 159 Å². The molecular formula is C94H106F12N8O16P2. The fraction of sp³-hybridized carbons (Fsp3) is 0.426. The van der Waals surface area contributed by atoms with Crippen molar-refractivity contribution in [2.24, 2.45) is 0 Å². The van der Waals surface area contributed by atoms with E-state index in [4.69, 9.17) is 107 Å². The van der Waals surface area contributed by atoms with Gasteiger partial charge in [-0.1, -0.05) is 48.5 Å². The van der Waals surface area contributed by atoms with Crippen molar-refractivity contribution in [3.8, 4) is 82.4 Å². The van der Waals surface area contributed by atoms with Gasteiger partial charge in [0.1, 0.15) is 52.9 Å². The van der Waals surface area contributed by atoms with E-state index in [9.17, 15) is 50.4 Å². The van der Waals surface area contributed by atoms with E-state index in [1.807, 2.05) is 0 Å². The average Bonchev–Trinajstić information content (AvgIpc) is 0.665. The first kappa shape index (κ1) is 106. The summed E-state index contributed by atoms with van der Waals surface area (Å²) >= 11 is 0. The molecule has 9 aliphatic rings. The number of hydrogen-bond donors (Lipinski definition) is 0. The van der Waals surface area contributed by atoms with Gasteiger partial charge in [-0.2, -0.15) is 40.7 Å². The van der Waals surface area contributed by atoms with Crippen LogP contribution in [-0.2, 0) is 72.6 Å². The number of halogens is 12. The molecule has 3 aliphatic heterocycles. The van der Waals surface area contributed by atoms with Gasteiger partial charge in [-0.15, -0.1) is 0 Å². The normalized spacial score (nSPS) is 20.9. The molecule has 0 amide bonds. The smallest absolute Gasteiger partial charge is 0.186 e. The number of ether oxygens (including phenoxy) is 16. The summed E-state index contributed by atoms with van der Waals surface area (Å²) in [5, 5.41) is 46.6. The molecule has 0 saturated heterocycles. The Kier molecular flexibility index (Phi) is 36.2. The first-order chi connectivity index (χ1) is 62.5. The second kappa shape index (κ2) is 45.2. The van der Waals surface area contributed by atoms with Crippen molar-refractivity contribution in [3.05, 3.63) is 213 Å². The molecule has 7 aromatic carbocycles. The Hall–Kier alpha value is -11.6. The summed E-state index contributed by atoms with van der Waals surface area (Å²) in [7, 11) is -21.3. The minimum atomic E-state index is -10.7. The minimum Gasteiger partial charge on any atom is -0.186 e. The Bertz CT molecular complexity index is 4930. The number of fused-ring (bicyclic) bond motifs is 4. The predicted octanol–water partition coefficient (Wildman–Crippen LogP) is 20.8. The van der Waals surface area contributed by atoms with E-state index in [1.54, 1.807) is 36.4 Å². The number of nitrogens with zero attached hydrogens (tertiary/aromatic N) is 8. The number of aromatic nitrogens is 2. The maximum Gasteiger partial charge on any atom is 0.285 e. The van der Waals surface area contributed by atoms with E-state index in [2.05, 4.69) is 183 Å². The van der Waals surface area contributed by atoms with Crippen LogP contribution in [0.3, 0.4) is 0 Å². The van der Waals surface area contributed by atoms with E-state index in [0.29, 0.717) is 152 Å². The molecule has 38 heteroatoms. The summed E-state index contributed by atoms with van der Waals surface area (Å²) in [6, 6.07) is 58.3. The van der Waals surface area contributed by atoms with Gasteiger partial charge in [0.2, 0.25) is 13.1 Å². The van der Waals surface area contributed by atoms with Gasteiger partial charge in [-0.3, -0.25) is 0 Å². The average molecular weight is 1890 g/mol. The van der Waals surface area contributed by atoms with E-state index < -0.39 is 37.3 Å². The summed E-state index contributed by atoms with van der Waals surface area (Å²) in [5.41, 5.74) is 14.0. The third-order valence-electron chi connectivity index (χ3n) is 21.5. The first-order valence-electron chi connectivity index (χ1n) is 41.9. The largest absolute Gasteiger partial charge is 0.285 e. The fourth-order valence-corrected chi connectivity index (χ4v) is 16.6. The standard InChI is InChI=1S/C68H76O16.C14H12N2.6C2H3N.2F6P/c1-65-45-9-5-6-10-46(45)66(2)51-39-59-57(37-49(51)65)77-29-21-69-13-15-73-25-33-81-61-41-53-55(43-63(61)83-35-27-75-19-17-71-23-31-79-59)68(4)48-12-8-7-11-47(48)67(53,3)54-42-62-64(44-56(54)68)84-36-28-76-20-18-72-24-32-80-60-40-52(66)50(65)38-58(60)78-30-22-70-14-16-74-26-34-82-62;1-3-11-5-6-12-4-2-8-16-10-9-15(7-1)13(11)14(12)16;6*1-2-3;2*1-7(2,3,4,5)6/h5-12,37-44H,13-36H2,1-4H3;1-8H,9-10H2;6*1H3;;/q;+2;;;;;;;2*-1. The number of pyridine rings is 2. The van der Waals surface area contributed by atoms with Crippen LogP contribution >= 0.6 is 15.6 Å². The zero-order valence-corrected chi connectivity index (χ0v) is 76.6. The van der Waals surface area contributed by atoms with Crippen LogP contribution in [0.2, 0.25) is 0 Å². The molecule has 712 valence electrons. The number of rotatable bonds is 0. The van der Waals surface area contributed by atoms with E-state index >= 15 is 0 Å². The van der Waals surface area contributed by atoms with Crippen LogP contribution in [0.1, 0.15) is 136 Å². The first-order valence-corrected chi connectivity index (χ1v) is 45.9. The van der Waals surface area contributed by atoms with Gasteiger partial charge < -0.3 is 75.8 Å². The van der Waals surface area contributed by atoms with Crippen molar-refractivity contribution in [3.63, 3.8) is 0 Å². The molecule has 5 heterocycles. The molecule has 0 radical (unpaired) electrons. The molecule has 2 aromatic heterocycles. The summed E-state index contributed by atoms with van der Waals surface area (Å²) in [4.78, 5) is 0. The quantitative estimate of drug-likeness (QED) is 0.0589. The van der Waals surface area contributed by atoms with Crippen LogP contribution in [0.4, 0.5) is 50.4 Å². The van der Waals surface area contributed by atoms with Gasteiger partial charge in [-0.05, 0) is 167 Å². The zero-order chi connectivity index (χ0) is 96.7. The topological polar surface area (TPSA) is 298 Å². The van der Waals surface area contributed by atoms with Crippen molar-refractivity contribution in [1.82, 2.24) is 0 Å². The van der Waals surface area contributed by atoms with Gasteiger partial charge in [0, 0.05) is 75.3 Å². The number of aryl methyl sites for hydroxylation is 2. The van der Waals surface area contributed by atoms with Gasteiger partial charge in [0.15, 0.2) is 58.4 Å². The second-order valence-electron chi connectivity index (χ2n) is 30.3. The van der Waals surface area contributed by atoms with Crippen molar-refractivity contribution in [2.45, 2.75) is 104 Å². The summed E-state index contributed by atoms with van der Waals surface area (Å²) in [5.74, 6) is 4.96. The van der Waals surface area contributed by atoms with Crippen molar-refractivity contribution in [2.75, 3.05) is 159 Å². The Morgan fingerprint density at radius 2 is 0.379 bits per heavy atom. The molecule has 6 aliphatic carbocycles. The van der Waals surface area contributed by atoms with Crippen molar-refractivity contribution >= 4 is 37.4 Å². The Morgan fingerprint density at radius 3 is 0.530 bits per heavy atom. The molecule has 24 nitrogen and oxygen atoms in total. The molecule has 4 bridgehead atoms.